The Balaban J connectivity index is 1.18. The number of rotatable bonds is 10. The lowest BCUT2D eigenvalue weighted by molar-refractivity contribution is -0.122. The van der Waals surface area contributed by atoms with Crippen LogP contribution in [-0.2, 0) is 11.3 Å². The summed E-state index contributed by atoms with van der Waals surface area (Å²) in [4.78, 5) is 23.4. The largest absolute Gasteiger partial charge is 0.492 e. The molecule has 0 aliphatic carbocycles. The minimum absolute atomic E-state index is 0.0204. The number of nitrogens with two attached hydrogens (primary N) is 2. The van der Waals surface area contributed by atoms with Gasteiger partial charge >= 0.3 is 0 Å². The van der Waals surface area contributed by atoms with Gasteiger partial charge in [-0.3, -0.25) is 9.69 Å². The zero-order valence-corrected chi connectivity index (χ0v) is 25.5. The summed E-state index contributed by atoms with van der Waals surface area (Å²) in [5.41, 5.74) is 14.8. The maximum Gasteiger partial charge on any atom is 0.220 e. The molecule has 4 rings (SSSR count). The van der Waals surface area contributed by atoms with Gasteiger partial charge in [-0.2, -0.15) is 4.99 Å². The number of aliphatic imine (C=N–C) groups is 1. The summed E-state index contributed by atoms with van der Waals surface area (Å²) in [5.74, 6) is 0.769. The van der Waals surface area contributed by atoms with Crippen molar-refractivity contribution < 1.29 is 9.53 Å². The van der Waals surface area contributed by atoms with Crippen molar-refractivity contribution in [2.45, 2.75) is 45.2 Å². The molecule has 1 saturated heterocycles. The lowest BCUT2D eigenvalue weighted by atomic mass is 10.0. The molecule has 0 radical (unpaired) electrons. The van der Waals surface area contributed by atoms with Gasteiger partial charge in [0.2, 0.25) is 11.0 Å². The highest BCUT2D eigenvalue weighted by Gasteiger charge is 2.21. The van der Waals surface area contributed by atoms with Gasteiger partial charge in [0.15, 0.2) is 5.96 Å². The van der Waals surface area contributed by atoms with E-state index in [0.717, 1.165) is 65.1 Å². The number of hydrogen-bond acceptors (Lipinski definition) is 6. The number of amides is 1. The number of nitrogens with one attached hydrogen (secondary N) is 1. The molecule has 3 aromatic rings. The van der Waals surface area contributed by atoms with Crippen LogP contribution in [0.15, 0.2) is 45.2 Å². The molecule has 208 valence electrons. The highest BCUT2D eigenvalue weighted by molar-refractivity contribution is 9.10. The smallest absolute Gasteiger partial charge is 0.220 e. The fourth-order valence-corrected chi connectivity index (χ4v) is 5.92. The molecule has 1 aromatic heterocycles. The minimum Gasteiger partial charge on any atom is -0.492 e. The Morgan fingerprint density at radius 2 is 2.00 bits per heavy atom. The molecule has 2 heterocycles. The molecule has 0 spiro atoms. The average molecular weight is 654 g/mol. The third-order valence-corrected chi connectivity index (χ3v) is 8.51. The Labute approximate surface area is 250 Å². The fraction of sp³-hybridized carbons (Fsp3) is 0.370. The first-order chi connectivity index (χ1) is 18.7. The predicted octanol–water partition coefficient (Wildman–Crippen LogP) is 6.03. The van der Waals surface area contributed by atoms with E-state index >= 15 is 0 Å². The lowest BCUT2D eigenvalue weighted by Gasteiger charge is -2.32. The van der Waals surface area contributed by atoms with E-state index in [1.54, 1.807) is 0 Å². The average Bonchev–Trinajstić information content (AvgIpc) is 3.34. The summed E-state index contributed by atoms with van der Waals surface area (Å²) in [5, 5.41) is 6.75. The van der Waals surface area contributed by atoms with E-state index < -0.39 is 0 Å². The van der Waals surface area contributed by atoms with Crippen LogP contribution < -0.4 is 21.5 Å². The van der Waals surface area contributed by atoms with Crippen LogP contribution in [0.4, 0.5) is 5.13 Å². The number of hydrogen-bond donors (Lipinski definition) is 3. The normalized spacial score (nSPS) is 14.3. The Kier molecular flexibility index (Phi) is 10.5. The van der Waals surface area contributed by atoms with Crippen molar-refractivity contribution in [3.63, 3.8) is 0 Å². The summed E-state index contributed by atoms with van der Waals surface area (Å²) < 4.78 is 6.79. The molecule has 8 nitrogen and oxygen atoms in total. The number of nitrogens with zero attached hydrogens (tertiary/aromatic N) is 3. The first-order valence-electron chi connectivity index (χ1n) is 12.6. The lowest BCUT2D eigenvalue weighted by Crippen LogP contribution is -2.44. The van der Waals surface area contributed by atoms with Crippen LogP contribution >= 0.6 is 50.5 Å². The van der Waals surface area contributed by atoms with E-state index in [1.165, 1.54) is 11.3 Å². The molecular weight excluding hydrogens is 623 g/mol. The Bertz CT molecular complexity index is 1340. The van der Waals surface area contributed by atoms with Gasteiger partial charge in [-0.1, -0.05) is 29.3 Å². The van der Waals surface area contributed by atoms with Gasteiger partial charge in [0.25, 0.3) is 0 Å². The molecule has 1 fully saturated rings. The van der Waals surface area contributed by atoms with Crippen LogP contribution in [-0.4, -0.2) is 47.5 Å². The van der Waals surface area contributed by atoms with Gasteiger partial charge in [0.1, 0.15) is 5.75 Å². The summed E-state index contributed by atoms with van der Waals surface area (Å²) in [7, 11) is 0. The molecule has 0 atom stereocenters. The van der Waals surface area contributed by atoms with Crippen LogP contribution in [0.1, 0.15) is 36.8 Å². The molecule has 0 bridgehead atoms. The zero-order chi connectivity index (χ0) is 27.9. The van der Waals surface area contributed by atoms with Crippen molar-refractivity contribution in [3.8, 4) is 17.0 Å². The van der Waals surface area contributed by atoms with Gasteiger partial charge in [-0.05, 0) is 77.5 Å². The molecule has 5 N–H and O–H groups in total. The summed E-state index contributed by atoms with van der Waals surface area (Å²) in [6.45, 7) is 5.12. The Morgan fingerprint density at radius 1 is 1.23 bits per heavy atom. The summed E-state index contributed by atoms with van der Waals surface area (Å²) >= 11 is 17.1. The predicted molar refractivity (Wildman–Crippen MR) is 163 cm³/mol. The number of likely N-dealkylation sites (tertiary alicyclic amines) is 1. The van der Waals surface area contributed by atoms with E-state index in [4.69, 9.17) is 39.4 Å². The number of halogens is 3. The number of aromatic nitrogens is 1. The number of ether oxygens (including phenoxy) is 1. The van der Waals surface area contributed by atoms with Crippen molar-refractivity contribution in [3.05, 3.63) is 61.4 Å². The fourth-order valence-electron chi connectivity index (χ4n) is 4.44. The minimum atomic E-state index is -0.0204. The second kappa shape index (κ2) is 13.8. The van der Waals surface area contributed by atoms with E-state index in [1.807, 2.05) is 42.6 Å². The van der Waals surface area contributed by atoms with Crippen LogP contribution in [0.2, 0.25) is 10.0 Å². The second-order valence-corrected chi connectivity index (χ2v) is 12.0. The number of guanidine groups is 1. The molecule has 1 amide bonds. The third-order valence-electron chi connectivity index (χ3n) is 6.42. The molecule has 0 unspecified atom stereocenters. The molecular formula is C27H31BrCl2N6O2S. The highest BCUT2D eigenvalue weighted by atomic mass is 79.9. The highest BCUT2D eigenvalue weighted by Crippen LogP contribution is 2.35. The monoisotopic (exact) mass is 652 g/mol. The van der Waals surface area contributed by atoms with E-state index in [0.29, 0.717) is 34.6 Å². The zero-order valence-electron chi connectivity index (χ0n) is 21.6. The number of benzene rings is 2. The van der Waals surface area contributed by atoms with Gasteiger partial charge in [-0.25, -0.2) is 4.98 Å². The maximum atomic E-state index is 12.5. The molecule has 1 aliphatic rings. The van der Waals surface area contributed by atoms with E-state index in [2.05, 4.69) is 36.1 Å². The van der Waals surface area contributed by atoms with Crippen LogP contribution in [0.3, 0.4) is 0 Å². The molecule has 0 saturated carbocycles. The summed E-state index contributed by atoms with van der Waals surface area (Å²) in [6, 6.07) is 9.89. The standard InChI is InChI=1S/C27H31BrCl2N6O2S/c1-16-11-24(20(28)13-19(16)23-15-39-27(34-23)35-26(31)32)38-10-2-3-25(37)33-18-6-8-36(9-7-18)14-17-4-5-21(29)22(30)12-17/h4-5,11-13,15,18H,2-3,6-10,14H2,1H3,(H,33,37)(H4,31,32,34,35). The van der Waals surface area contributed by atoms with Crippen LogP contribution in [0.25, 0.3) is 11.3 Å². The van der Waals surface area contributed by atoms with Gasteiger partial charge in [-0.15, -0.1) is 11.3 Å². The first kappa shape index (κ1) is 29.6. The second-order valence-electron chi connectivity index (χ2n) is 9.47. The van der Waals surface area contributed by atoms with Gasteiger partial charge < -0.3 is 21.5 Å². The van der Waals surface area contributed by atoms with Crippen molar-refractivity contribution in [1.29, 1.82) is 0 Å². The third kappa shape index (κ3) is 8.56. The number of piperidine rings is 1. The number of carbonyl (C=O) groups is 1. The van der Waals surface area contributed by atoms with Crippen molar-refractivity contribution >= 4 is 67.5 Å². The van der Waals surface area contributed by atoms with Crippen molar-refractivity contribution in [2.75, 3.05) is 19.7 Å². The number of aryl methyl sites for hydroxylation is 1. The van der Waals surface area contributed by atoms with Crippen molar-refractivity contribution in [2.24, 2.45) is 16.5 Å². The van der Waals surface area contributed by atoms with Crippen molar-refractivity contribution in [1.82, 2.24) is 15.2 Å². The first-order valence-corrected chi connectivity index (χ1v) is 15.0. The molecule has 39 heavy (non-hydrogen) atoms. The van der Waals surface area contributed by atoms with E-state index in [-0.39, 0.29) is 17.9 Å². The number of thiazole rings is 1. The van der Waals surface area contributed by atoms with Gasteiger partial charge in [0.05, 0.1) is 26.8 Å². The maximum absolute atomic E-state index is 12.5. The van der Waals surface area contributed by atoms with E-state index in [9.17, 15) is 4.79 Å². The summed E-state index contributed by atoms with van der Waals surface area (Å²) in [6.07, 6.45) is 2.90. The molecule has 1 aliphatic heterocycles. The van der Waals surface area contributed by atoms with Gasteiger partial charge in [0, 0.05) is 43.0 Å². The number of carbonyl (C=O) groups excluding carboxylic acids is 1. The quantitative estimate of drug-likeness (QED) is 0.140. The molecule has 12 heteroatoms. The SMILES string of the molecule is Cc1cc(OCCCC(=O)NC2CCN(Cc3ccc(Cl)c(Cl)c3)CC2)c(Br)cc1-c1csc(N=C(N)N)n1. The Hall–Kier alpha value is -2.37. The van der Waals surface area contributed by atoms with Crippen LogP contribution in [0, 0.1) is 6.92 Å². The molecule has 2 aromatic carbocycles. The Morgan fingerprint density at radius 3 is 2.72 bits per heavy atom. The van der Waals surface area contributed by atoms with Crippen LogP contribution in [0.5, 0.6) is 5.75 Å². The topological polar surface area (TPSA) is 119 Å².